The lowest BCUT2D eigenvalue weighted by Crippen LogP contribution is -2.31. The highest BCUT2D eigenvalue weighted by Gasteiger charge is 2.37. The van der Waals surface area contributed by atoms with E-state index in [4.69, 9.17) is 0 Å². The number of H-pyrrole nitrogens is 1. The van der Waals surface area contributed by atoms with Crippen LogP contribution in [0.2, 0.25) is 0 Å². The van der Waals surface area contributed by atoms with Crippen LogP contribution in [0.15, 0.2) is 48.7 Å². The van der Waals surface area contributed by atoms with E-state index >= 15 is 0 Å². The van der Waals surface area contributed by atoms with Gasteiger partial charge in [-0.15, -0.1) is 0 Å². The van der Waals surface area contributed by atoms with E-state index in [0.717, 1.165) is 16.5 Å². The number of amides is 2. The number of aromatic amines is 1. The van der Waals surface area contributed by atoms with E-state index in [2.05, 4.69) is 4.98 Å². The third-order valence-corrected chi connectivity index (χ3v) is 4.26. The Morgan fingerprint density at radius 2 is 1.83 bits per heavy atom. The third kappa shape index (κ3) is 2.01. The van der Waals surface area contributed by atoms with Gasteiger partial charge in [0, 0.05) is 23.6 Å². The van der Waals surface area contributed by atoms with Crippen LogP contribution in [0.1, 0.15) is 26.3 Å². The van der Waals surface area contributed by atoms with Crippen molar-refractivity contribution in [3.05, 3.63) is 65.4 Å². The molecule has 2 heterocycles. The molecule has 1 aliphatic rings. The van der Waals surface area contributed by atoms with Crippen molar-refractivity contribution >= 4 is 22.7 Å². The first-order chi connectivity index (χ1) is 11.2. The van der Waals surface area contributed by atoms with Crippen LogP contribution in [0.4, 0.5) is 0 Å². The summed E-state index contributed by atoms with van der Waals surface area (Å²) in [5.74, 6) is -0.917. The first-order valence-corrected chi connectivity index (χ1v) is 7.40. The molecule has 23 heavy (non-hydrogen) atoms. The van der Waals surface area contributed by atoms with Gasteiger partial charge in [-0.2, -0.15) is 0 Å². The molecule has 1 aromatic heterocycles. The molecule has 0 spiro atoms. The number of nitrogens with zero attached hydrogens (tertiary/aromatic N) is 1. The van der Waals surface area contributed by atoms with E-state index < -0.39 is 5.91 Å². The van der Waals surface area contributed by atoms with Crippen molar-refractivity contribution in [3.63, 3.8) is 0 Å². The Labute approximate surface area is 132 Å². The van der Waals surface area contributed by atoms with Gasteiger partial charge in [0.05, 0.1) is 11.1 Å². The fourth-order valence-corrected chi connectivity index (χ4v) is 3.09. The SMILES string of the molecule is O=C1c2cccc(O)c2C(=O)N1CCc1c[nH]c2ccccc12. The Kier molecular flexibility index (Phi) is 2.94. The molecule has 0 saturated carbocycles. The summed E-state index contributed by atoms with van der Waals surface area (Å²) in [5, 5.41) is 10.9. The summed E-state index contributed by atoms with van der Waals surface area (Å²) in [7, 11) is 0. The molecule has 3 aromatic rings. The van der Waals surface area contributed by atoms with Crippen LogP contribution in [-0.4, -0.2) is 33.3 Å². The van der Waals surface area contributed by atoms with Gasteiger partial charge < -0.3 is 10.1 Å². The Morgan fingerprint density at radius 3 is 2.65 bits per heavy atom. The van der Waals surface area contributed by atoms with Gasteiger partial charge in [0.25, 0.3) is 11.8 Å². The lowest BCUT2D eigenvalue weighted by molar-refractivity contribution is 0.0655. The van der Waals surface area contributed by atoms with Crippen molar-refractivity contribution in [2.75, 3.05) is 6.54 Å². The van der Waals surface area contributed by atoms with Gasteiger partial charge in [-0.3, -0.25) is 14.5 Å². The molecule has 114 valence electrons. The zero-order valence-electron chi connectivity index (χ0n) is 12.2. The zero-order valence-corrected chi connectivity index (χ0v) is 12.2. The number of carbonyl (C=O) groups excluding carboxylic acids is 2. The average molecular weight is 306 g/mol. The second-order valence-corrected chi connectivity index (χ2v) is 5.57. The highest BCUT2D eigenvalue weighted by molar-refractivity contribution is 6.22. The normalized spacial score (nSPS) is 13.8. The molecule has 0 bridgehead atoms. The molecule has 5 heteroatoms. The third-order valence-electron chi connectivity index (χ3n) is 4.26. The molecule has 0 saturated heterocycles. The largest absolute Gasteiger partial charge is 0.507 e. The number of fused-ring (bicyclic) bond motifs is 2. The molecule has 0 radical (unpaired) electrons. The molecular weight excluding hydrogens is 292 g/mol. The van der Waals surface area contributed by atoms with Gasteiger partial charge >= 0.3 is 0 Å². The number of benzene rings is 2. The zero-order chi connectivity index (χ0) is 16.0. The van der Waals surface area contributed by atoms with Gasteiger partial charge in [0.2, 0.25) is 0 Å². The predicted molar refractivity (Wildman–Crippen MR) is 85.5 cm³/mol. The monoisotopic (exact) mass is 306 g/mol. The standard InChI is InChI=1S/C18H14N2O3/c21-15-7-3-5-13-16(15)18(23)20(17(13)22)9-8-11-10-19-14-6-2-1-4-12(11)14/h1-7,10,19,21H,8-9H2. The van der Waals surface area contributed by atoms with Crippen LogP contribution >= 0.6 is 0 Å². The summed E-state index contributed by atoms with van der Waals surface area (Å²) >= 11 is 0. The molecule has 4 rings (SSSR count). The number of aromatic nitrogens is 1. The number of para-hydroxylation sites is 1. The van der Waals surface area contributed by atoms with Crippen molar-refractivity contribution < 1.29 is 14.7 Å². The number of carbonyl (C=O) groups is 2. The fraction of sp³-hybridized carbons (Fsp3) is 0.111. The quantitative estimate of drug-likeness (QED) is 0.731. The van der Waals surface area contributed by atoms with E-state index in [1.54, 1.807) is 12.1 Å². The Bertz CT molecular complexity index is 942. The molecule has 2 N–H and O–H groups in total. The van der Waals surface area contributed by atoms with Crippen LogP contribution in [0, 0.1) is 0 Å². The predicted octanol–water partition coefficient (Wildman–Crippen LogP) is 2.71. The number of hydrogen-bond acceptors (Lipinski definition) is 3. The maximum absolute atomic E-state index is 12.4. The average Bonchev–Trinajstić information content (AvgIpc) is 3.07. The number of aromatic hydroxyl groups is 1. The molecular formula is C18H14N2O3. The smallest absolute Gasteiger partial charge is 0.265 e. The van der Waals surface area contributed by atoms with E-state index in [-0.39, 0.29) is 29.3 Å². The first kappa shape index (κ1) is 13.6. The summed E-state index contributed by atoms with van der Waals surface area (Å²) in [6.07, 6.45) is 2.47. The maximum Gasteiger partial charge on any atom is 0.265 e. The van der Waals surface area contributed by atoms with Crippen molar-refractivity contribution in [2.24, 2.45) is 0 Å². The Morgan fingerprint density at radius 1 is 1.00 bits per heavy atom. The second kappa shape index (κ2) is 4.98. The lowest BCUT2D eigenvalue weighted by atomic mass is 10.1. The van der Waals surface area contributed by atoms with E-state index in [9.17, 15) is 14.7 Å². The topological polar surface area (TPSA) is 73.4 Å². The van der Waals surface area contributed by atoms with Gasteiger partial charge in [-0.1, -0.05) is 24.3 Å². The number of phenolic OH excluding ortho intramolecular Hbond substituents is 1. The minimum atomic E-state index is -0.428. The van der Waals surface area contributed by atoms with Crippen LogP contribution in [-0.2, 0) is 6.42 Å². The molecule has 2 amide bonds. The van der Waals surface area contributed by atoms with Crippen LogP contribution in [0.5, 0.6) is 5.75 Å². The summed E-state index contributed by atoms with van der Waals surface area (Å²) in [5.41, 5.74) is 2.47. The van der Waals surface area contributed by atoms with Crippen LogP contribution in [0.3, 0.4) is 0 Å². The molecule has 5 nitrogen and oxygen atoms in total. The molecule has 0 atom stereocenters. The summed E-state index contributed by atoms with van der Waals surface area (Å²) in [6, 6.07) is 12.5. The first-order valence-electron chi connectivity index (χ1n) is 7.40. The minimum absolute atomic E-state index is 0.108. The Hall–Kier alpha value is -3.08. The van der Waals surface area contributed by atoms with Crippen LogP contribution < -0.4 is 0 Å². The number of rotatable bonds is 3. The number of hydrogen-bond donors (Lipinski definition) is 2. The van der Waals surface area contributed by atoms with Gasteiger partial charge in [-0.25, -0.2) is 0 Å². The molecule has 0 aliphatic carbocycles. The van der Waals surface area contributed by atoms with Crippen molar-refractivity contribution in [3.8, 4) is 5.75 Å². The van der Waals surface area contributed by atoms with Crippen molar-refractivity contribution in [1.29, 1.82) is 0 Å². The fourth-order valence-electron chi connectivity index (χ4n) is 3.09. The highest BCUT2D eigenvalue weighted by atomic mass is 16.3. The van der Waals surface area contributed by atoms with Gasteiger partial charge in [0.1, 0.15) is 5.75 Å². The van der Waals surface area contributed by atoms with Crippen LogP contribution in [0.25, 0.3) is 10.9 Å². The van der Waals surface area contributed by atoms with E-state index in [1.165, 1.54) is 11.0 Å². The molecule has 1 aliphatic heterocycles. The molecule has 0 unspecified atom stereocenters. The van der Waals surface area contributed by atoms with Crippen molar-refractivity contribution in [2.45, 2.75) is 6.42 Å². The van der Waals surface area contributed by atoms with E-state index in [1.807, 2.05) is 30.5 Å². The number of phenols is 1. The summed E-state index contributed by atoms with van der Waals surface area (Å²) < 4.78 is 0. The number of imide groups is 1. The second-order valence-electron chi connectivity index (χ2n) is 5.57. The molecule has 0 fully saturated rings. The van der Waals surface area contributed by atoms with Crippen molar-refractivity contribution in [1.82, 2.24) is 9.88 Å². The maximum atomic E-state index is 12.4. The Balaban J connectivity index is 1.60. The lowest BCUT2D eigenvalue weighted by Gasteiger charge is -2.13. The number of nitrogens with one attached hydrogen (secondary N) is 1. The molecule has 2 aromatic carbocycles. The summed E-state index contributed by atoms with van der Waals surface area (Å²) in [4.78, 5) is 29.1. The highest BCUT2D eigenvalue weighted by Crippen LogP contribution is 2.30. The van der Waals surface area contributed by atoms with Gasteiger partial charge in [-0.05, 0) is 30.2 Å². The minimum Gasteiger partial charge on any atom is -0.507 e. The van der Waals surface area contributed by atoms with Gasteiger partial charge in [0.15, 0.2) is 0 Å². The van der Waals surface area contributed by atoms with E-state index in [0.29, 0.717) is 6.42 Å². The summed E-state index contributed by atoms with van der Waals surface area (Å²) in [6.45, 7) is 0.285.